The quantitative estimate of drug-likeness (QED) is 0.170. The van der Waals surface area contributed by atoms with Gasteiger partial charge in [-0.15, -0.1) is 0 Å². The summed E-state index contributed by atoms with van der Waals surface area (Å²) in [4.78, 5) is 10.2. The van der Waals surface area contributed by atoms with Gasteiger partial charge >= 0.3 is 0 Å². The number of rotatable bonds is 2. The van der Waals surface area contributed by atoms with Crippen LogP contribution in [0.5, 0.6) is 0 Å². The molecule has 0 spiro atoms. The highest BCUT2D eigenvalue weighted by Crippen LogP contribution is 2.64. The smallest absolute Gasteiger partial charge is 0.243 e. The van der Waals surface area contributed by atoms with Crippen LogP contribution in [0.4, 0.5) is 22.7 Å². The van der Waals surface area contributed by atoms with E-state index < -0.39 is 0 Å². The van der Waals surface area contributed by atoms with Crippen molar-refractivity contribution in [1.29, 1.82) is 0 Å². The summed E-state index contributed by atoms with van der Waals surface area (Å²) < 4.78 is 0. The Morgan fingerprint density at radius 2 is 1.54 bits per heavy atom. The molecule has 4 aromatic carbocycles. The molecule has 0 aromatic heterocycles. The molecule has 7 aliphatic rings. The Kier molecular flexibility index (Phi) is 4.39. The first kappa shape index (κ1) is 26.3. The number of hydrogen-bond acceptors (Lipinski definition) is 3. The van der Waals surface area contributed by atoms with Crippen molar-refractivity contribution in [2.24, 2.45) is 15.8 Å². The predicted molar refractivity (Wildman–Crippen MR) is 195 cm³/mol. The first-order valence-corrected chi connectivity index (χ1v) is 17.7. The second-order valence-electron chi connectivity index (χ2n) is 17.7. The highest BCUT2D eigenvalue weighted by atomic mass is 15.4. The summed E-state index contributed by atoms with van der Waals surface area (Å²) in [5, 5.41) is 3.01. The topological polar surface area (TPSA) is 18.8 Å². The second-order valence-corrected chi connectivity index (χ2v) is 17.7. The van der Waals surface area contributed by atoms with E-state index >= 15 is 0 Å². The van der Waals surface area contributed by atoms with Crippen LogP contribution in [0.25, 0.3) is 21.9 Å². The van der Waals surface area contributed by atoms with Crippen LogP contribution in [0.1, 0.15) is 89.5 Å². The Hall–Kier alpha value is -3.79. The van der Waals surface area contributed by atoms with E-state index in [-0.39, 0.29) is 21.7 Å². The Labute approximate surface area is 273 Å². The molecule has 228 valence electrons. The van der Waals surface area contributed by atoms with E-state index in [2.05, 4.69) is 107 Å². The minimum atomic E-state index is 0.0683. The highest BCUT2D eigenvalue weighted by Gasteiger charge is 2.58. The maximum atomic E-state index is 4.77. The summed E-state index contributed by atoms with van der Waals surface area (Å²) >= 11 is 0. The molecule has 11 rings (SSSR count). The molecular formula is C42H42BN3. The second kappa shape index (κ2) is 7.67. The molecule has 4 aliphatic carbocycles. The van der Waals surface area contributed by atoms with Crippen molar-refractivity contribution in [3.05, 3.63) is 82.0 Å². The van der Waals surface area contributed by atoms with E-state index in [1.807, 2.05) is 0 Å². The van der Waals surface area contributed by atoms with Gasteiger partial charge in [0, 0.05) is 22.2 Å². The van der Waals surface area contributed by atoms with Gasteiger partial charge in [-0.1, -0.05) is 82.8 Å². The monoisotopic (exact) mass is 599 g/mol. The minimum Gasteiger partial charge on any atom is -0.327 e. The van der Waals surface area contributed by atoms with Crippen molar-refractivity contribution in [3.63, 3.8) is 0 Å². The highest BCUT2D eigenvalue weighted by molar-refractivity contribution is 6.97. The Bertz CT molecular complexity index is 2220. The number of hydrogen-bond donors (Lipinski definition) is 0. The molecule has 1 saturated carbocycles. The molecule has 0 radical (unpaired) electrons. The number of nitrogens with zero attached hydrogens (tertiary/aromatic N) is 3. The molecule has 2 atom stereocenters. The van der Waals surface area contributed by atoms with Crippen LogP contribution >= 0.6 is 0 Å². The number of benzene rings is 4. The Morgan fingerprint density at radius 1 is 0.783 bits per heavy atom. The summed E-state index contributed by atoms with van der Waals surface area (Å²) in [6.07, 6.45) is 7.24. The normalized spacial score (nSPS) is 27.6. The molecule has 0 amide bonds. The van der Waals surface area contributed by atoms with E-state index in [1.165, 1.54) is 75.7 Å². The van der Waals surface area contributed by atoms with Crippen LogP contribution in [0.3, 0.4) is 0 Å². The SMILES string of the molecule is C=Nc1cc2c(cc1N1CN3C4=C(B5c6ccccc6-c6c5c3c3c1ccc1c3c6CC1)C(C)(C)CC4(C)C)C1(C)CCC2(C)C1. The van der Waals surface area contributed by atoms with Gasteiger partial charge in [0.2, 0.25) is 6.71 Å². The van der Waals surface area contributed by atoms with Gasteiger partial charge < -0.3 is 9.80 Å². The zero-order chi connectivity index (χ0) is 31.3. The van der Waals surface area contributed by atoms with E-state index in [1.54, 1.807) is 33.3 Å². The molecule has 3 aliphatic heterocycles. The van der Waals surface area contributed by atoms with Gasteiger partial charge in [-0.05, 0) is 124 Å². The number of aliphatic imine (C=N–C) groups is 1. The number of allylic oxidation sites excluding steroid dienone is 2. The zero-order valence-electron chi connectivity index (χ0n) is 28.2. The van der Waals surface area contributed by atoms with Gasteiger partial charge in [0.25, 0.3) is 0 Å². The molecule has 4 heteroatoms. The molecule has 3 nitrogen and oxygen atoms in total. The molecule has 0 saturated heterocycles. The van der Waals surface area contributed by atoms with Crippen molar-refractivity contribution in [2.45, 2.75) is 90.9 Å². The van der Waals surface area contributed by atoms with Crippen molar-refractivity contribution in [1.82, 2.24) is 0 Å². The predicted octanol–water partition coefficient (Wildman–Crippen LogP) is 8.75. The van der Waals surface area contributed by atoms with Gasteiger partial charge in [0.1, 0.15) is 0 Å². The molecule has 1 fully saturated rings. The van der Waals surface area contributed by atoms with Crippen molar-refractivity contribution >= 4 is 57.9 Å². The molecule has 2 unspecified atom stereocenters. The number of anilines is 3. The van der Waals surface area contributed by atoms with Crippen LogP contribution < -0.4 is 20.7 Å². The van der Waals surface area contributed by atoms with Crippen molar-refractivity contribution in [2.75, 3.05) is 16.5 Å². The third-order valence-electron chi connectivity index (χ3n) is 13.9. The van der Waals surface area contributed by atoms with Crippen LogP contribution in [-0.2, 0) is 23.7 Å². The van der Waals surface area contributed by atoms with Gasteiger partial charge in [-0.2, -0.15) is 0 Å². The lowest BCUT2D eigenvalue weighted by atomic mass is 9.33. The number of fused-ring (bicyclic) bond motifs is 11. The van der Waals surface area contributed by atoms with Gasteiger partial charge in [-0.3, -0.25) is 4.99 Å². The first-order chi connectivity index (χ1) is 22.0. The minimum absolute atomic E-state index is 0.0683. The van der Waals surface area contributed by atoms with Crippen molar-refractivity contribution in [3.8, 4) is 11.1 Å². The van der Waals surface area contributed by atoms with E-state index in [0.717, 1.165) is 25.2 Å². The third-order valence-corrected chi connectivity index (χ3v) is 13.9. The van der Waals surface area contributed by atoms with Gasteiger partial charge in [0.05, 0.1) is 23.7 Å². The lowest BCUT2D eigenvalue weighted by Crippen LogP contribution is -2.54. The summed E-state index contributed by atoms with van der Waals surface area (Å²) in [7, 11) is 0. The summed E-state index contributed by atoms with van der Waals surface area (Å²) in [6.45, 7) is 20.4. The fraction of sp³-hybridized carbons (Fsp3) is 0.405. The van der Waals surface area contributed by atoms with Crippen LogP contribution in [0.2, 0.25) is 0 Å². The van der Waals surface area contributed by atoms with Crippen molar-refractivity contribution < 1.29 is 0 Å². The molecular weight excluding hydrogens is 557 g/mol. The largest absolute Gasteiger partial charge is 0.327 e. The van der Waals surface area contributed by atoms with Gasteiger partial charge in [-0.25, -0.2) is 0 Å². The van der Waals surface area contributed by atoms with E-state index in [9.17, 15) is 0 Å². The van der Waals surface area contributed by atoms with Crippen LogP contribution in [0.15, 0.2) is 64.7 Å². The molecule has 46 heavy (non-hydrogen) atoms. The summed E-state index contributed by atoms with van der Waals surface area (Å²) in [5.41, 5.74) is 21.4. The van der Waals surface area contributed by atoms with Gasteiger partial charge in [0.15, 0.2) is 0 Å². The fourth-order valence-corrected chi connectivity index (χ4v) is 12.7. The lowest BCUT2D eigenvalue weighted by molar-refractivity contribution is 0.318. The maximum Gasteiger partial charge on any atom is 0.243 e. The first-order valence-electron chi connectivity index (χ1n) is 17.7. The van der Waals surface area contributed by atoms with Crippen LogP contribution in [0, 0.1) is 10.8 Å². The molecule has 4 aromatic rings. The molecule has 0 N–H and O–H groups in total. The average molecular weight is 600 g/mol. The Morgan fingerprint density at radius 3 is 2.33 bits per heavy atom. The summed E-state index contributed by atoms with van der Waals surface area (Å²) in [6, 6.07) is 19.3. The maximum absolute atomic E-state index is 4.77. The third kappa shape index (κ3) is 2.74. The summed E-state index contributed by atoms with van der Waals surface area (Å²) in [5.74, 6) is 0. The Balaban J connectivity index is 1.27. The fourth-order valence-electron chi connectivity index (χ4n) is 12.7. The zero-order valence-corrected chi connectivity index (χ0v) is 28.2. The average Bonchev–Trinajstić information content (AvgIpc) is 3.78. The standard InChI is InChI=1S/C42H42BN3/c1-39(2)20-40(3,4)38-37(39)43-28-11-9-8-10-24(28)33-25-14-12-23-13-15-30-34(32(23)25)36(35(33)43)46(38)22-45(30)31-19-27-26(18-29(31)44-7)41(5)16-17-42(27,6)21-41/h8-11,13,15,18-19H,7,12,14,16-17,20-22H2,1-6H3. The van der Waals surface area contributed by atoms with E-state index in [4.69, 9.17) is 4.99 Å². The number of aryl methyl sites for hydroxylation is 2. The van der Waals surface area contributed by atoms with Crippen LogP contribution in [-0.4, -0.2) is 20.1 Å². The lowest BCUT2D eigenvalue weighted by Gasteiger charge is -2.48. The molecule has 2 bridgehead atoms. The van der Waals surface area contributed by atoms with E-state index in [0.29, 0.717) is 6.71 Å². The molecule has 3 heterocycles.